The number of carbonyl (C=O) groups excluding carboxylic acids is 2. The standard InChI is InChI=1S/C17H21N3O5S/c1-9-12-14(21)18-11(19-15(12)26-13(9)17(23)25-3)8-20-6-4-10(5-7-20)16(22)24-2/h10H,4-8H2,1-3H3,(H,18,19,21)/p+1. The van der Waals surface area contributed by atoms with Crippen LogP contribution in [-0.2, 0) is 20.8 Å². The third-order valence-electron chi connectivity index (χ3n) is 4.87. The first-order chi connectivity index (χ1) is 12.4. The molecule has 0 saturated carbocycles. The molecule has 0 radical (unpaired) electrons. The minimum atomic E-state index is -0.457. The lowest BCUT2D eigenvalue weighted by atomic mass is 9.97. The summed E-state index contributed by atoms with van der Waals surface area (Å²) >= 11 is 1.18. The summed E-state index contributed by atoms with van der Waals surface area (Å²) < 4.78 is 9.57. The van der Waals surface area contributed by atoms with E-state index in [0.717, 1.165) is 25.9 Å². The Balaban J connectivity index is 1.79. The van der Waals surface area contributed by atoms with E-state index in [9.17, 15) is 14.4 Å². The predicted octanol–water partition coefficient (Wildman–Crippen LogP) is 0.0475. The average molecular weight is 380 g/mol. The van der Waals surface area contributed by atoms with Crippen LogP contribution in [0.5, 0.6) is 0 Å². The van der Waals surface area contributed by atoms with Crippen molar-refractivity contribution < 1.29 is 24.0 Å². The number of aromatic amines is 1. The smallest absolute Gasteiger partial charge is 0.348 e. The molecular formula is C17H22N3O5S+. The quantitative estimate of drug-likeness (QED) is 0.727. The first-order valence-electron chi connectivity index (χ1n) is 8.46. The van der Waals surface area contributed by atoms with E-state index in [-0.39, 0.29) is 17.4 Å². The number of thiophene rings is 1. The van der Waals surface area contributed by atoms with Gasteiger partial charge in [0.15, 0.2) is 5.82 Å². The number of nitrogens with one attached hydrogen (secondary N) is 2. The fraction of sp³-hybridized carbons (Fsp3) is 0.529. The molecule has 0 amide bonds. The zero-order valence-electron chi connectivity index (χ0n) is 15.0. The predicted molar refractivity (Wildman–Crippen MR) is 95.5 cm³/mol. The maximum absolute atomic E-state index is 12.5. The molecule has 0 aromatic carbocycles. The third-order valence-corrected chi connectivity index (χ3v) is 6.03. The molecule has 3 rings (SSSR count). The summed E-state index contributed by atoms with van der Waals surface area (Å²) in [5.41, 5.74) is 0.362. The Morgan fingerprint density at radius 1 is 1.27 bits per heavy atom. The van der Waals surface area contributed by atoms with Crippen molar-refractivity contribution in [3.05, 3.63) is 26.6 Å². The second-order valence-electron chi connectivity index (χ2n) is 6.46. The number of rotatable bonds is 4. The van der Waals surface area contributed by atoms with E-state index >= 15 is 0 Å². The van der Waals surface area contributed by atoms with Crippen LogP contribution < -0.4 is 10.5 Å². The molecule has 0 aliphatic carbocycles. The second kappa shape index (κ2) is 7.55. The van der Waals surface area contributed by atoms with Crippen LogP contribution in [0.4, 0.5) is 0 Å². The van der Waals surface area contributed by atoms with Crippen LogP contribution in [0, 0.1) is 12.8 Å². The molecule has 8 nitrogen and oxygen atoms in total. The van der Waals surface area contributed by atoms with Gasteiger partial charge in [0.2, 0.25) is 0 Å². The van der Waals surface area contributed by atoms with Crippen LogP contribution >= 0.6 is 11.3 Å². The van der Waals surface area contributed by atoms with Crippen LogP contribution in [0.3, 0.4) is 0 Å². The number of likely N-dealkylation sites (tertiary alicyclic amines) is 1. The lowest BCUT2D eigenvalue weighted by molar-refractivity contribution is -0.920. The van der Waals surface area contributed by atoms with Crippen molar-refractivity contribution in [3.63, 3.8) is 0 Å². The number of fused-ring (bicyclic) bond motifs is 1. The minimum absolute atomic E-state index is 0.0409. The fourth-order valence-electron chi connectivity index (χ4n) is 3.40. The molecule has 0 bridgehead atoms. The number of H-pyrrole nitrogens is 1. The van der Waals surface area contributed by atoms with Gasteiger partial charge in [0.1, 0.15) is 16.3 Å². The molecule has 1 fully saturated rings. The minimum Gasteiger partial charge on any atom is -0.469 e. The van der Waals surface area contributed by atoms with Gasteiger partial charge in [-0.25, -0.2) is 9.78 Å². The number of piperidine rings is 1. The van der Waals surface area contributed by atoms with Gasteiger partial charge in [-0.3, -0.25) is 9.59 Å². The summed E-state index contributed by atoms with van der Waals surface area (Å²) in [7, 11) is 2.73. The van der Waals surface area contributed by atoms with E-state index in [0.29, 0.717) is 33.0 Å². The average Bonchev–Trinajstić information content (AvgIpc) is 2.98. The van der Waals surface area contributed by atoms with Gasteiger partial charge < -0.3 is 19.4 Å². The van der Waals surface area contributed by atoms with Gasteiger partial charge in [0.05, 0.1) is 38.6 Å². The number of quaternary nitrogens is 1. The largest absolute Gasteiger partial charge is 0.469 e. The summed E-state index contributed by atoms with van der Waals surface area (Å²) in [6.07, 6.45) is 1.53. The number of nitrogens with zero attached hydrogens (tertiary/aromatic N) is 1. The number of hydrogen-bond donors (Lipinski definition) is 2. The fourth-order valence-corrected chi connectivity index (χ4v) is 4.52. The normalized spacial score (nSPS) is 20.1. The number of ether oxygens (including phenoxy) is 2. The molecule has 2 aromatic rings. The number of esters is 2. The van der Waals surface area contributed by atoms with E-state index in [4.69, 9.17) is 9.47 Å². The van der Waals surface area contributed by atoms with E-state index in [1.807, 2.05) is 0 Å². The monoisotopic (exact) mass is 380 g/mol. The van der Waals surface area contributed by atoms with Gasteiger partial charge >= 0.3 is 11.9 Å². The van der Waals surface area contributed by atoms with Crippen molar-refractivity contribution in [1.29, 1.82) is 0 Å². The zero-order valence-corrected chi connectivity index (χ0v) is 15.8. The Kier molecular flexibility index (Phi) is 5.38. The lowest BCUT2D eigenvalue weighted by Crippen LogP contribution is -3.12. The highest BCUT2D eigenvalue weighted by Gasteiger charge is 2.28. The van der Waals surface area contributed by atoms with Gasteiger partial charge in [0, 0.05) is 12.8 Å². The molecule has 26 heavy (non-hydrogen) atoms. The number of aryl methyl sites for hydroxylation is 1. The number of methoxy groups -OCH3 is 2. The Bertz CT molecular complexity index is 896. The zero-order chi connectivity index (χ0) is 18.8. The van der Waals surface area contributed by atoms with Gasteiger partial charge in [-0.15, -0.1) is 11.3 Å². The highest BCUT2D eigenvalue weighted by atomic mass is 32.1. The first-order valence-corrected chi connectivity index (χ1v) is 9.28. The van der Waals surface area contributed by atoms with Gasteiger partial charge in [-0.2, -0.15) is 0 Å². The van der Waals surface area contributed by atoms with E-state index < -0.39 is 5.97 Å². The molecule has 1 saturated heterocycles. The van der Waals surface area contributed by atoms with Crippen LogP contribution in [-0.4, -0.2) is 49.2 Å². The molecule has 1 aliphatic rings. The van der Waals surface area contributed by atoms with Crippen molar-refractivity contribution in [2.75, 3.05) is 27.3 Å². The van der Waals surface area contributed by atoms with E-state index in [2.05, 4.69) is 9.97 Å². The Morgan fingerprint density at radius 2 is 1.96 bits per heavy atom. The van der Waals surface area contributed by atoms with Gasteiger partial charge in [-0.05, 0) is 12.5 Å². The van der Waals surface area contributed by atoms with Crippen molar-refractivity contribution in [1.82, 2.24) is 9.97 Å². The third kappa shape index (κ3) is 3.49. The van der Waals surface area contributed by atoms with Gasteiger partial charge in [-0.1, -0.05) is 0 Å². The van der Waals surface area contributed by atoms with Crippen LogP contribution in [0.2, 0.25) is 0 Å². The molecule has 1 aliphatic heterocycles. The molecular weight excluding hydrogens is 358 g/mol. The summed E-state index contributed by atoms with van der Waals surface area (Å²) in [5, 5.41) is 0.443. The maximum atomic E-state index is 12.5. The Morgan fingerprint density at radius 3 is 2.58 bits per heavy atom. The van der Waals surface area contributed by atoms with E-state index in [1.54, 1.807) is 6.92 Å². The second-order valence-corrected chi connectivity index (χ2v) is 7.46. The SMILES string of the molecule is COC(=O)c1sc2nc(C[NH+]3CCC(C(=O)OC)CC3)[nH]c(=O)c2c1C. The van der Waals surface area contributed by atoms with Crippen molar-refractivity contribution in [2.45, 2.75) is 26.3 Å². The van der Waals surface area contributed by atoms with Crippen molar-refractivity contribution in [3.8, 4) is 0 Å². The number of hydrogen-bond acceptors (Lipinski definition) is 7. The molecule has 0 spiro atoms. The number of carbonyl (C=O) groups is 2. The molecule has 9 heteroatoms. The Hall–Kier alpha value is -2.26. The number of aromatic nitrogens is 2. The van der Waals surface area contributed by atoms with Crippen LogP contribution in [0.25, 0.3) is 10.2 Å². The van der Waals surface area contributed by atoms with Crippen LogP contribution in [0.1, 0.15) is 33.9 Å². The van der Waals surface area contributed by atoms with Crippen molar-refractivity contribution >= 4 is 33.5 Å². The van der Waals surface area contributed by atoms with Crippen LogP contribution in [0.15, 0.2) is 4.79 Å². The van der Waals surface area contributed by atoms with Crippen molar-refractivity contribution in [2.24, 2.45) is 5.92 Å². The molecule has 2 aromatic heterocycles. The Labute approximate surface area is 154 Å². The molecule has 0 unspecified atom stereocenters. The maximum Gasteiger partial charge on any atom is 0.348 e. The summed E-state index contributed by atoms with van der Waals surface area (Å²) in [6.45, 7) is 3.94. The topological polar surface area (TPSA) is 103 Å². The summed E-state index contributed by atoms with van der Waals surface area (Å²) in [5.74, 6) is -0.0594. The molecule has 2 N–H and O–H groups in total. The molecule has 140 valence electrons. The summed E-state index contributed by atoms with van der Waals surface area (Å²) in [6, 6.07) is 0. The molecule has 3 heterocycles. The molecule has 0 atom stereocenters. The highest BCUT2D eigenvalue weighted by molar-refractivity contribution is 7.20. The first kappa shape index (κ1) is 18.5. The lowest BCUT2D eigenvalue weighted by Gasteiger charge is -2.27. The van der Waals surface area contributed by atoms with Gasteiger partial charge in [0.25, 0.3) is 5.56 Å². The summed E-state index contributed by atoms with van der Waals surface area (Å²) in [4.78, 5) is 45.5. The van der Waals surface area contributed by atoms with E-state index in [1.165, 1.54) is 30.5 Å². The highest BCUT2D eigenvalue weighted by Crippen LogP contribution is 2.27.